The average Bonchev–Trinajstić information content (AvgIpc) is 1.83. The fraction of sp³-hybridized carbons (Fsp3) is 0.167. The second-order valence-electron chi connectivity index (χ2n) is 1.20. The molecular formula is C6H8NO. The lowest BCUT2D eigenvalue weighted by molar-refractivity contribution is -0.116. The lowest BCUT2D eigenvalue weighted by atomic mass is 10.5. The van der Waals surface area contributed by atoms with Crippen LogP contribution in [0.2, 0.25) is 0 Å². The van der Waals surface area contributed by atoms with Crippen LogP contribution in [-0.4, -0.2) is 12.5 Å². The Balaban J connectivity index is 3.24. The van der Waals surface area contributed by atoms with Gasteiger partial charge in [0.2, 0.25) is 5.91 Å². The van der Waals surface area contributed by atoms with Gasteiger partial charge in [-0.3, -0.25) is 4.79 Å². The van der Waals surface area contributed by atoms with E-state index >= 15 is 0 Å². The lowest BCUT2D eigenvalue weighted by Gasteiger charge is -1.91. The Hall–Kier alpha value is -1.05. The van der Waals surface area contributed by atoms with E-state index in [0.29, 0.717) is 6.54 Å². The van der Waals surface area contributed by atoms with Crippen molar-refractivity contribution in [2.24, 2.45) is 0 Å². The predicted octanol–water partition coefficient (Wildman–Crippen LogP) is 0.278. The molecule has 0 spiro atoms. The van der Waals surface area contributed by atoms with Gasteiger partial charge in [0.1, 0.15) is 0 Å². The third-order valence-corrected chi connectivity index (χ3v) is 0.572. The topological polar surface area (TPSA) is 29.1 Å². The van der Waals surface area contributed by atoms with E-state index < -0.39 is 0 Å². The highest BCUT2D eigenvalue weighted by Crippen LogP contribution is 1.64. The fourth-order valence-corrected chi connectivity index (χ4v) is 0.232. The van der Waals surface area contributed by atoms with Crippen molar-refractivity contribution >= 4 is 5.91 Å². The van der Waals surface area contributed by atoms with Gasteiger partial charge in [-0.05, 0) is 0 Å². The number of hydrogen-bond acceptors (Lipinski definition) is 1. The smallest absolute Gasteiger partial charge is 0.244 e. The molecule has 0 aromatic carbocycles. The molecule has 43 valence electrons. The molecule has 0 heterocycles. The number of carbonyl (C=O) groups excluding carboxylic acids is 1. The van der Waals surface area contributed by atoms with Crippen molar-refractivity contribution in [3.63, 3.8) is 0 Å². The van der Waals surface area contributed by atoms with Crippen LogP contribution < -0.4 is 5.32 Å². The maximum atomic E-state index is 10.2. The Labute approximate surface area is 48.9 Å². The molecule has 0 aromatic rings. The van der Waals surface area contributed by atoms with Crippen molar-refractivity contribution in [1.82, 2.24) is 5.32 Å². The number of carbonyl (C=O) groups is 1. The van der Waals surface area contributed by atoms with Gasteiger partial charge in [-0.25, -0.2) is 0 Å². The zero-order valence-corrected chi connectivity index (χ0v) is 4.55. The van der Waals surface area contributed by atoms with E-state index in [1.54, 1.807) is 6.08 Å². The SMILES string of the molecule is [CH]=CC(=O)NCC=C. The first-order valence-electron chi connectivity index (χ1n) is 2.25. The molecule has 0 saturated carbocycles. The van der Waals surface area contributed by atoms with E-state index in [1.807, 2.05) is 0 Å². The first-order valence-corrected chi connectivity index (χ1v) is 2.25. The number of nitrogens with one attached hydrogen (secondary N) is 1. The molecule has 0 fully saturated rings. The highest BCUT2D eigenvalue weighted by Gasteiger charge is 1.85. The largest absolute Gasteiger partial charge is 0.349 e. The summed E-state index contributed by atoms with van der Waals surface area (Å²) in [6.45, 7) is 8.70. The zero-order valence-electron chi connectivity index (χ0n) is 4.55. The summed E-state index contributed by atoms with van der Waals surface area (Å²) >= 11 is 0. The number of rotatable bonds is 3. The molecule has 1 N–H and O–H groups in total. The molecule has 1 radical (unpaired) electrons. The summed E-state index contributed by atoms with van der Waals surface area (Å²) in [5.41, 5.74) is 0. The standard InChI is InChI=1S/C6H8NO/c1-3-5-7-6(8)4-2/h2-4H,1,5H2,(H,7,8). The van der Waals surface area contributed by atoms with Crippen molar-refractivity contribution < 1.29 is 4.79 Å². The molecule has 0 bridgehead atoms. The highest BCUT2D eigenvalue weighted by atomic mass is 16.1. The van der Waals surface area contributed by atoms with Gasteiger partial charge in [0.25, 0.3) is 0 Å². The first-order chi connectivity index (χ1) is 3.81. The van der Waals surface area contributed by atoms with Crippen molar-refractivity contribution in [3.8, 4) is 0 Å². The number of amides is 1. The Bertz CT molecular complexity index is 107. The summed E-state index contributed by atoms with van der Waals surface area (Å²) < 4.78 is 0. The molecule has 0 aliphatic carbocycles. The van der Waals surface area contributed by atoms with Crippen molar-refractivity contribution in [3.05, 3.63) is 25.3 Å². The van der Waals surface area contributed by atoms with Crippen LogP contribution in [0.1, 0.15) is 0 Å². The van der Waals surface area contributed by atoms with Crippen LogP contribution in [-0.2, 0) is 4.79 Å². The minimum absolute atomic E-state index is 0.273. The predicted molar refractivity (Wildman–Crippen MR) is 32.1 cm³/mol. The highest BCUT2D eigenvalue weighted by molar-refractivity contribution is 5.86. The van der Waals surface area contributed by atoms with Crippen LogP contribution in [0.5, 0.6) is 0 Å². The van der Waals surface area contributed by atoms with Gasteiger partial charge in [0.15, 0.2) is 0 Å². The molecule has 0 unspecified atom stereocenters. The first kappa shape index (κ1) is 6.95. The maximum Gasteiger partial charge on any atom is 0.244 e. The fourth-order valence-electron chi connectivity index (χ4n) is 0.232. The van der Waals surface area contributed by atoms with E-state index in [2.05, 4.69) is 11.9 Å². The quantitative estimate of drug-likeness (QED) is 0.410. The number of hydrogen-bond donors (Lipinski definition) is 1. The Morgan fingerprint density at radius 1 is 1.88 bits per heavy atom. The lowest BCUT2D eigenvalue weighted by Crippen LogP contribution is -2.20. The molecular weight excluding hydrogens is 102 g/mol. The molecule has 0 aromatic heterocycles. The monoisotopic (exact) mass is 110 g/mol. The summed E-state index contributed by atoms with van der Waals surface area (Å²) in [5.74, 6) is -0.273. The van der Waals surface area contributed by atoms with Crippen molar-refractivity contribution in [2.45, 2.75) is 0 Å². The van der Waals surface area contributed by atoms with E-state index in [0.717, 1.165) is 6.08 Å². The molecule has 8 heavy (non-hydrogen) atoms. The summed E-state index contributed by atoms with van der Waals surface area (Å²) in [7, 11) is 0. The molecule has 0 atom stereocenters. The second-order valence-corrected chi connectivity index (χ2v) is 1.20. The molecule has 0 rings (SSSR count). The van der Waals surface area contributed by atoms with Gasteiger partial charge in [0.05, 0.1) is 0 Å². The van der Waals surface area contributed by atoms with Crippen molar-refractivity contribution in [1.29, 1.82) is 0 Å². The summed E-state index contributed by atoms with van der Waals surface area (Å²) in [4.78, 5) is 10.2. The Morgan fingerprint density at radius 2 is 2.50 bits per heavy atom. The third-order valence-electron chi connectivity index (χ3n) is 0.572. The molecule has 1 amide bonds. The summed E-state index contributed by atoms with van der Waals surface area (Å²) in [6.07, 6.45) is 2.56. The van der Waals surface area contributed by atoms with Gasteiger partial charge in [-0.15, -0.1) is 6.58 Å². The molecule has 2 heteroatoms. The van der Waals surface area contributed by atoms with Gasteiger partial charge in [-0.1, -0.05) is 12.7 Å². The van der Waals surface area contributed by atoms with E-state index in [-0.39, 0.29) is 5.91 Å². The minimum Gasteiger partial charge on any atom is -0.349 e. The van der Waals surface area contributed by atoms with Gasteiger partial charge >= 0.3 is 0 Å². The van der Waals surface area contributed by atoms with Crippen LogP contribution in [0.15, 0.2) is 18.7 Å². The minimum atomic E-state index is -0.273. The summed E-state index contributed by atoms with van der Waals surface area (Å²) in [5, 5.41) is 2.44. The summed E-state index contributed by atoms with van der Waals surface area (Å²) in [6, 6.07) is 0. The normalized spacial score (nSPS) is 7.50. The van der Waals surface area contributed by atoms with Crippen molar-refractivity contribution in [2.75, 3.05) is 6.54 Å². The maximum absolute atomic E-state index is 10.2. The van der Waals surface area contributed by atoms with Crippen LogP contribution in [0, 0.1) is 6.58 Å². The van der Waals surface area contributed by atoms with Gasteiger partial charge in [-0.2, -0.15) is 0 Å². The Kier molecular flexibility index (Phi) is 3.58. The average molecular weight is 110 g/mol. The molecule has 0 saturated heterocycles. The van der Waals surface area contributed by atoms with Gasteiger partial charge < -0.3 is 5.32 Å². The third kappa shape index (κ3) is 3.15. The van der Waals surface area contributed by atoms with Crippen LogP contribution in [0.25, 0.3) is 0 Å². The second kappa shape index (κ2) is 4.12. The molecule has 2 nitrogen and oxygen atoms in total. The van der Waals surface area contributed by atoms with E-state index in [9.17, 15) is 4.79 Å². The van der Waals surface area contributed by atoms with E-state index in [4.69, 9.17) is 6.58 Å². The Morgan fingerprint density at radius 3 is 2.88 bits per heavy atom. The molecule has 0 aliphatic heterocycles. The van der Waals surface area contributed by atoms with E-state index in [1.165, 1.54) is 0 Å². The zero-order chi connectivity index (χ0) is 6.41. The van der Waals surface area contributed by atoms with Crippen LogP contribution in [0.4, 0.5) is 0 Å². The van der Waals surface area contributed by atoms with Crippen LogP contribution in [0.3, 0.4) is 0 Å². The molecule has 0 aliphatic rings. The van der Waals surface area contributed by atoms with Gasteiger partial charge in [0, 0.05) is 12.6 Å². The van der Waals surface area contributed by atoms with Crippen LogP contribution >= 0.6 is 0 Å².